The van der Waals surface area contributed by atoms with E-state index in [0.29, 0.717) is 11.8 Å². The fraction of sp³-hybridized carbons (Fsp3) is 0.625. The molecule has 1 aliphatic carbocycles. The summed E-state index contributed by atoms with van der Waals surface area (Å²) >= 11 is 0. The minimum absolute atomic E-state index is 0.0634. The highest BCUT2D eigenvalue weighted by molar-refractivity contribution is 5.61. The third-order valence-corrected chi connectivity index (χ3v) is 4.88. The monoisotopic (exact) mass is 276 g/mol. The molecule has 1 saturated carbocycles. The summed E-state index contributed by atoms with van der Waals surface area (Å²) in [6.07, 6.45) is 1.97. The van der Waals surface area contributed by atoms with E-state index in [-0.39, 0.29) is 12.1 Å². The quantitative estimate of drug-likeness (QED) is 0.885. The van der Waals surface area contributed by atoms with Crippen LogP contribution in [0.2, 0.25) is 0 Å². The molecule has 1 aliphatic heterocycles. The van der Waals surface area contributed by atoms with Gasteiger partial charge in [0.1, 0.15) is 5.75 Å². The summed E-state index contributed by atoms with van der Waals surface area (Å²) < 4.78 is 5.47. The topological polar surface area (TPSA) is 58.7 Å². The first-order chi connectivity index (χ1) is 9.61. The molecule has 1 aromatic carbocycles. The number of hydrogen-bond donors (Lipinski definition) is 2. The maximum Gasteiger partial charge on any atom is 0.125 e. The molecule has 4 nitrogen and oxygen atoms in total. The van der Waals surface area contributed by atoms with E-state index in [1.165, 1.54) is 5.69 Å². The summed E-state index contributed by atoms with van der Waals surface area (Å²) in [4.78, 5) is 2.37. The van der Waals surface area contributed by atoms with Crippen molar-refractivity contribution < 1.29 is 9.84 Å². The molecule has 4 heteroatoms. The molecule has 3 unspecified atom stereocenters. The van der Waals surface area contributed by atoms with Gasteiger partial charge in [0.2, 0.25) is 0 Å². The zero-order chi connectivity index (χ0) is 14.3. The van der Waals surface area contributed by atoms with Gasteiger partial charge in [0.15, 0.2) is 0 Å². The van der Waals surface area contributed by atoms with Crippen LogP contribution in [0.1, 0.15) is 31.4 Å². The second kappa shape index (κ2) is 5.26. The van der Waals surface area contributed by atoms with E-state index in [4.69, 9.17) is 10.5 Å². The van der Waals surface area contributed by atoms with Gasteiger partial charge in [-0.3, -0.25) is 0 Å². The summed E-state index contributed by atoms with van der Waals surface area (Å²) in [6.45, 7) is 3.94. The Balaban J connectivity index is 1.91. The van der Waals surface area contributed by atoms with Crippen LogP contribution in [0, 0.1) is 11.8 Å². The van der Waals surface area contributed by atoms with Crippen molar-refractivity contribution in [2.75, 3.05) is 25.1 Å². The number of ether oxygens (including phenoxy) is 1. The van der Waals surface area contributed by atoms with Crippen LogP contribution >= 0.6 is 0 Å². The minimum atomic E-state index is -0.130. The molecule has 0 aromatic heterocycles. The van der Waals surface area contributed by atoms with Gasteiger partial charge >= 0.3 is 0 Å². The van der Waals surface area contributed by atoms with E-state index in [9.17, 15) is 5.11 Å². The average Bonchev–Trinajstić information content (AvgIpc) is 3.00. The van der Waals surface area contributed by atoms with Crippen LogP contribution < -0.4 is 15.4 Å². The van der Waals surface area contributed by atoms with Crippen LogP contribution in [0.25, 0.3) is 0 Å². The summed E-state index contributed by atoms with van der Waals surface area (Å²) in [5.74, 6) is 1.90. The fourth-order valence-electron chi connectivity index (χ4n) is 3.88. The van der Waals surface area contributed by atoms with Gasteiger partial charge in [0, 0.05) is 36.3 Å². The number of rotatable bonds is 3. The van der Waals surface area contributed by atoms with Gasteiger partial charge < -0.3 is 20.5 Å². The van der Waals surface area contributed by atoms with E-state index in [2.05, 4.69) is 11.0 Å². The molecule has 0 spiro atoms. The molecule has 2 fully saturated rings. The number of nitrogens with zero attached hydrogens (tertiary/aromatic N) is 1. The van der Waals surface area contributed by atoms with Gasteiger partial charge in [-0.25, -0.2) is 0 Å². The smallest absolute Gasteiger partial charge is 0.125 e. The zero-order valence-electron chi connectivity index (χ0n) is 12.2. The summed E-state index contributed by atoms with van der Waals surface area (Å²) in [5, 5.41) is 10.1. The largest absolute Gasteiger partial charge is 0.496 e. The molecular weight excluding hydrogens is 252 g/mol. The molecule has 0 amide bonds. The maximum absolute atomic E-state index is 10.1. The molecule has 1 heterocycles. The third kappa shape index (κ3) is 2.17. The van der Waals surface area contributed by atoms with E-state index in [1.807, 2.05) is 19.1 Å². The Hall–Kier alpha value is -1.26. The van der Waals surface area contributed by atoms with E-state index >= 15 is 0 Å². The van der Waals surface area contributed by atoms with Crippen LogP contribution in [-0.2, 0) is 0 Å². The Morgan fingerprint density at radius 3 is 2.80 bits per heavy atom. The highest BCUT2D eigenvalue weighted by atomic mass is 16.5. The Morgan fingerprint density at radius 1 is 1.35 bits per heavy atom. The SMILES string of the molecule is COc1cccc(N2CC3CCC(O)C3C2)c1[C@H](C)N. The number of aliphatic hydroxyl groups is 1. The van der Waals surface area contributed by atoms with Gasteiger partial charge in [-0.1, -0.05) is 6.07 Å². The van der Waals surface area contributed by atoms with E-state index < -0.39 is 0 Å². The van der Waals surface area contributed by atoms with Crippen LogP contribution in [0.15, 0.2) is 18.2 Å². The molecule has 0 radical (unpaired) electrons. The Bertz CT molecular complexity index is 489. The number of aliphatic hydroxyl groups excluding tert-OH is 1. The molecule has 0 bridgehead atoms. The van der Waals surface area contributed by atoms with Crippen molar-refractivity contribution >= 4 is 5.69 Å². The predicted molar refractivity (Wildman–Crippen MR) is 80.0 cm³/mol. The number of methoxy groups -OCH3 is 1. The van der Waals surface area contributed by atoms with E-state index in [0.717, 1.165) is 37.2 Å². The average molecular weight is 276 g/mol. The number of hydrogen-bond acceptors (Lipinski definition) is 4. The molecule has 1 saturated heterocycles. The highest BCUT2D eigenvalue weighted by Crippen LogP contribution is 2.42. The van der Waals surface area contributed by atoms with Crippen LogP contribution in [-0.4, -0.2) is 31.4 Å². The maximum atomic E-state index is 10.1. The van der Waals surface area contributed by atoms with Crippen molar-refractivity contribution in [2.24, 2.45) is 17.6 Å². The summed E-state index contributed by atoms with van der Waals surface area (Å²) in [7, 11) is 1.69. The normalized spacial score (nSPS) is 30.4. The standard InChI is InChI=1S/C16H24N2O2/c1-10(17)16-13(4-3-5-15(16)20-2)18-8-11-6-7-14(19)12(11)9-18/h3-5,10-12,14,19H,6-9,17H2,1-2H3/t10-,11?,12?,14?/m0/s1. The lowest BCUT2D eigenvalue weighted by Crippen LogP contribution is -2.26. The molecule has 3 rings (SSSR count). The lowest BCUT2D eigenvalue weighted by atomic mass is 10.00. The molecule has 2 aliphatic rings. The number of anilines is 1. The first kappa shape index (κ1) is 13.7. The lowest BCUT2D eigenvalue weighted by molar-refractivity contribution is 0.133. The van der Waals surface area contributed by atoms with Gasteiger partial charge in [-0.05, 0) is 37.8 Å². The summed E-state index contributed by atoms with van der Waals surface area (Å²) in [5.41, 5.74) is 8.39. The van der Waals surface area contributed by atoms with Gasteiger partial charge in [0.25, 0.3) is 0 Å². The second-order valence-corrected chi connectivity index (χ2v) is 6.16. The Kier molecular flexibility index (Phi) is 3.61. The zero-order valence-corrected chi connectivity index (χ0v) is 12.2. The molecule has 3 N–H and O–H groups in total. The van der Waals surface area contributed by atoms with Crippen molar-refractivity contribution in [3.05, 3.63) is 23.8 Å². The van der Waals surface area contributed by atoms with Crippen LogP contribution in [0.3, 0.4) is 0 Å². The molecule has 1 aromatic rings. The molecule has 4 atom stereocenters. The molecule has 110 valence electrons. The lowest BCUT2D eigenvalue weighted by Gasteiger charge is -2.26. The van der Waals surface area contributed by atoms with Gasteiger partial charge in [-0.15, -0.1) is 0 Å². The second-order valence-electron chi connectivity index (χ2n) is 6.16. The predicted octanol–water partition coefficient (Wildman–Crippen LogP) is 1.92. The van der Waals surface area contributed by atoms with Crippen molar-refractivity contribution in [3.8, 4) is 5.75 Å². The first-order valence-corrected chi connectivity index (χ1v) is 7.47. The summed E-state index contributed by atoms with van der Waals surface area (Å²) in [6, 6.07) is 6.04. The Labute approximate surface area is 120 Å². The van der Waals surface area contributed by atoms with Gasteiger partial charge in [0.05, 0.1) is 13.2 Å². The minimum Gasteiger partial charge on any atom is -0.496 e. The number of nitrogens with two attached hydrogens (primary N) is 1. The Morgan fingerprint density at radius 2 is 2.15 bits per heavy atom. The number of fused-ring (bicyclic) bond motifs is 1. The van der Waals surface area contributed by atoms with E-state index in [1.54, 1.807) is 7.11 Å². The van der Waals surface area contributed by atoms with Gasteiger partial charge in [-0.2, -0.15) is 0 Å². The van der Waals surface area contributed by atoms with Crippen molar-refractivity contribution in [3.63, 3.8) is 0 Å². The number of benzene rings is 1. The first-order valence-electron chi connectivity index (χ1n) is 7.47. The van der Waals surface area contributed by atoms with Crippen LogP contribution in [0.4, 0.5) is 5.69 Å². The fourth-order valence-corrected chi connectivity index (χ4v) is 3.88. The molecular formula is C16H24N2O2. The third-order valence-electron chi connectivity index (χ3n) is 4.88. The van der Waals surface area contributed by atoms with Crippen molar-refractivity contribution in [2.45, 2.75) is 31.9 Å². The van der Waals surface area contributed by atoms with Crippen molar-refractivity contribution in [1.29, 1.82) is 0 Å². The van der Waals surface area contributed by atoms with Crippen LogP contribution in [0.5, 0.6) is 5.75 Å². The molecule has 20 heavy (non-hydrogen) atoms. The highest BCUT2D eigenvalue weighted by Gasteiger charge is 2.42. The van der Waals surface area contributed by atoms with Crippen molar-refractivity contribution in [1.82, 2.24) is 0 Å².